The maximum atomic E-state index is 12.1. The SMILES string of the molecule is CCCCCCCCCCCCCCC(=O)OC(C)CCCCCCCCCCCCCCC(=O)O. The number of hydrogen-bond acceptors (Lipinski definition) is 3. The second-order valence-electron chi connectivity index (χ2n) is 11.1. The van der Waals surface area contributed by atoms with Crippen molar-refractivity contribution in [3.8, 4) is 0 Å². The molecule has 0 aliphatic heterocycles. The van der Waals surface area contributed by atoms with E-state index in [0.717, 1.165) is 38.5 Å². The standard InChI is InChI=1S/C32H62O4/c1-3-4-5-6-7-8-9-14-17-20-23-26-29-32(35)36-30(2)27-24-21-18-15-12-10-11-13-16-19-22-25-28-31(33)34/h30H,3-29H2,1-2H3,(H,33,34). The lowest BCUT2D eigenvalue weighted by Crippen LogP contribution is -2.14. The predicted octanol–water partition coefficient (Wildman–Crippen LogP) is 10.6. The molecule has 0 aromatic heterocycles. The van der Waals surface area contributed by atoms with Gasteiger partial charge in [-0.15, -0.1) is 0 Å². The smallest absolute Gasteiger partial charge is 0.306 e. The van der Waals surface area contributed by atoms with Crippen LogP contribution in [0.4, 0.5) is 0 Å². The van der Waals surface area contributed by atoms with Crippen LogP contribution in [0.5, 0.6) is 0 Å². The molecule has 4 nitrogen and oxygen atoms in total. The van der Waals surface area contributed by atoms with Crippen LogP contribution in [0.25, 0.3) is 0 Å². The number of carbonyl (C=O) groups excluding carboxylic acids is 1. The van der Waals surface area contributed by atoms with Gasteiger partial charge in [-0.05, 0) is 32.6 Å². The van der Waals surface area contributed by atoms with Crippen LogP contribution in [0.2, 0.25) is 0 Å². The van der Waals surface area contributed by atoms with Crippen molar-refractivity contribution in [2.45, 2.75) is 193 Å². The molecule has 0 heterocycles. The number of ether oxygens (including phenoxy) is 1. The minimum Gasteiger partial charge on any atom is -0.481 e. The van der Waals surface area contributed by atoms with Gasteiger partial charge in [0.05, 0.1) is 6.10 Å². The maximum absolute atomic E-state index is 12.1. The molecule has 0 saturated carbocycles. The van der Waals surface area contributed by atoms with Crippen LogP contribution in [-0.2, 0) is 14.3 Å². The molecule has 0 saturated heterocycles. The number of esters is 1. The van der Waals surface area contributed by atoms with Gasteiger partial charge in [-0.2, -0.15) is 0 Å². The number of aliphatic carboxylic acids is 1. The molecule has 4 heteroatoms. The summed E-state index contributed by atoms with van der Waals surface area (Å²) < 4.78 is 5.60. The number of carboxylic acid groups (broad SMARTS) is 1. The summed E-state index contributed by atoms with van der Waals surface area (Å²) in [6.45, 7) is 4.31. The van der Waals surface area contributed by atoms with E-state index in [9.17, 15) is 9.59 Å². The van der Waals surface area contributed by atoms with Crippen LogP contribution in [-0.4, -0.2) is 23.1 Å². The molecule has 1 N–H and O–H groups in total. The van der Waals surface area contributed by atoms with Gasteiger partial charge in [0.1, 0.15) is 0 Å². The molecule has 0 rings (SSSR count). The molecule has 0 fully saturated rings. The highest BCUT2D eigenvalue weighted by Gasteiger charge is 2.09. The Bertz CT molecular complexity index is 477. The van der Waals surface area contributed by atoms with E-state index in [1.54, 1.807) is 0 Å². The van der Waals surface area contributed by atoms with Crippen LogP contribution in [0.1, 0.15) is 187 Å². The van der Waals surface area contributed by atoms with E-state index in [1.807, 2.05) is 6.92 Å². The monoisotopic (exact) mass is 510 g/mol. The summed E-state index contributed by atoms with van der Waals surface area (Å²) in [5, 5.41) is 8.62. The molecule has 0 aromatic carbocycles. The van der Waals surface area contributed by atoms with Crippen molar-refractivity contribution in [1.29, 1.82) is 0 Å². The summed E-state index contributed by atoms with van der Waals surface area (Å²) in [5.41, 5.74) is 0. The zero-order valence-electron chi connectivity index (χ0n) is 24.3. The van der Waals surface area contributed by atoms with Gasteiger partial charge < -0.3 is 9.84 Å². The Kier molecular flexibility index (Phi) is 27.7. The summed E-state index contributed by atoms with van der Waals surface area (Å²) in [6, 6.07) is 0. The first-order valence-electron chi connectivity index (χ1n) is 16.0. The van der Waals surface area contributed by atoms with Gasteiger partial charge in [0.15, 0.2) is 0 Å². The van der Waals surface area contributed by atoms with Gasteiger partial charge >= 0.3 is 11.9 Å². The van der Waals surface area contributed by atoms with Gasteiger partial charge in [-0.1, -0.05) is 142 Å². The summed E-state index contributed by atoms with van der Waals surface area (Å²) in [5.74, 6) is -0.674. The lowest BCUT2D eigenvalue weighted by molar-refractivity contribution is -0.148. The highest BCUT2D eigenvalue weighted by atomic mass is 16.5. The average Bonchev–Trinajstić information content (AvgIpc) is 2.84. The number of hydrogen-bond donors (Lipinski definition) is 1. The Hall–Kier alpha value is -1.06. The van der Waals surface area contributed by atoms with E-state index in [2.05, 4.69) is 6.92 Å². The largest absolute Gasteiger partial charge is 0.481 e. The molecule has 0 radical (unpaired) electrons. The number of unbranched alkanes of at least 4 members (excludes halogenated alkanes) is 22. The quantitative estimate of drug-likeness (QED) is 0.0802. The molecular weight excluding hydrogens is 448 g/mol. The predicted molar refractivity (Wildman–Crippen MR) is 154 cm³/mol. The van der Waals surface area contributed by atoms with Crippen molar-refractivity contribution < 1.29 is 19.4 Å². The molecule has 0 amide bonds. The molecule has 214 valence electrons. The Balaban J connectivity index is 3.29. The van der Waals surface area contributed by atoms with Crippen molar-refractivity contribution >= 4 is 11.9 Å². The first kappa shape index (κ1) is 34.9. The van der Waals surface area contributed by atoms with E-state index in [-0.39, 0.29) is 12.1 Å². The van der Waals surface area contributed by atoms with E-state index >= 15 is 0 Å². The third kappa shape index (κ3) is 29.2. The van der Waals surface area contributed by atoms with E-state index in [4.69, 9.17) is 9.84 Å². The topological polar surface area (TPSA) is 63.6 Å². The van der Waals surface area contributed by atoms with Gasteiger partial charge in [0.25, 0.3) is 0 Å². The zero-order chi connectivity index (χ0) is 26.5. The van der Waals surface area contributed by atoms with Gasteiger partial charge in [0, 0.05) is 12.8 Å². The lowest BCUT2D eigenvalue weighted by Gasteiger charge is -2.13. The lowest BCUT2D eigenvalue weighted by atomic mass is 10.0. The van der Waals surface area contributed by atoms with Crippen molar-refractivity contribution in [3.63, 3.8) is 0 Å². The first-order valence-corrected chi connectivity index (χ1v) is 16.0. The van der Waals surface area contributed by atoms with E-state index < -0.39 is 5.97 Å². The fourth-order valence-corrected chi connectivity index (χ4v) is 4.93. The Morgan fingerprint density at radius 2 is 0.861 bits per heavy atom. The number of rotatable bonds is 29. The maximum Gasteiger partial charge on any atom is 0.306 e. The third-order valence-electron chi connectivity index (χ3n) is 7.32. The Morgan fingerprint density at radius 1 is 0.528 bits per heavy atom. The third-order valence-corrected chi connectivity index (χ3v) is 7.32. The summed E-state index contributed by atoms with van der Waals surface area (Å²) >= 11 is 0. The van der Waals surface area contributed by atoms with E-state index in [0.29, 0.717) is 12.8 Å². The number of carboxylic acids is 1. The van der Waals surface area contributed by atoms with Crippen LogP contribution in [0.15, 0.2) is 0 Å². The number of carbonyl (C=O) groups is 2. The van der Waals surface area contributed by atoms with Gasteiger partial charge in [-0.25, -0.2) is 0 Å². The summed E-state index contributed by atoms with van der Waals surface area (Å²) in [6.07, 6.45) is 32.3. The van der Waals surface area contributed by atoms with Crippen LogP contribution in [0, 0.1) is 0 Å². The molecule has 36 heavy (non-hydrogen) atoms. The van der Waals surface area contributed by atoms with Gasteiger partial charge in [-0.3, -0.25) is 9.59 Å². The van der Waals surface area contributed by atoms with Crippen LogP contribution >= 0.6 is 0 Å². The molecule has 0 aromatic rings. The van der Waals surface area contributed by atoms with Gasteiger partial charge in [0.2, 0.25) is 0 Å². The zero-order valence-corrected chi connectivity index (χ0v) is 24.3. The van der Waals surface area contributed by atoms with Crippen LogP contribution in [0.3, 0.4) is 0 Å². The normalized spacial score (nSPS) is 12.1. The highest BCUT2D eigenvalue weighted by molar-refractivity contribution is 5.69. The average molecular weight is 511 g/mol. The molecular formula is C32H62O4. The second kappa shape index (κ2) is 28.5. The van der Waals surface area contributed by atoms with E-state index in [1.165, 1.54) is 122 Å². The van der Waals surface area contributed by atoms with Crippen molar-refractivity contribution in [3.05, 3.63) is 0 Å². The Labute approximate surface area is 224 Å². The molecule has 0 aliphatic carbocycles. The minimum atomic E-state index is -0.671. The van der Waals surface area contributed by atoms with Crippen molar-refractivity contribution in [2.24, 2.45) is 0 Å². The second-order valence-corrected chi connectivity index (χ2v) is 11.1. The summed E-state index contributed by atoms with van der Waals surface area (Å²) in [7, 11) is 0. The molecule has 0 bridgehead atoms. The fraction of sp³-hybridized carbons (Fsp3) is 0.938. The summed E-state index contributed by atoms with van der Waals surface area (Å²) in [4.78, 5) is 22.5. The van der Waals surface area contributed by atoms with Crippen molar-refractivity contribution in [1.82, 2.24) is 0 Å². The fourth-order valence-electron chi connectivity index (χ4n) is 4.93. The molecule has 1 atom stereocenters. The molecule has 1 unspecified atom stereocenters. The van der Waals surface area contributed by atoms with Crippen LogP contribution < -0.4 is 0 Å². The first-order chi connectivity index (χ1) is 17.6. The molecule has 0 aliphatic rings. The minimum absolute atomic E-state index is 0.00327. The van der Waals surface area contributed by atoms with Crippen molar-refractivity contribution in [2.75, 3.05) is 0 Å². The Morgan fingerprint density at radius 3 is 1.25 bits per heavy atom. The highest BCUT2D eigenvalue weighted by Crippen LogP contribution is 2.15. The molecule has 0 spiro atoms.